The summed E-state index contributed by atoms with van der Waals surface area (Å²) in [5.74, 6) is 0.623. The molecule has 2 aromatic carbocycles. The Morgan fingerprint density at radius 2 is 2.00 bits per heavy atom. The minimum Gasteiger partial charge on any atom is -0.490 e. The first-order chi connectivity index (χ1) is 18.9. The highest BCUT2D eigenvalue weighted by Crippen LogP contribution is 2.40. The van der Waals surface area contributed by atoms with Gasteiger partial charge < -0.3 is 14.8 Å². The zero-order valence-electron chi connectivity index (χ0n) is 21.6. The van der Waals surface area contributed by atoms with E-state index in [9.17, 15) is 14.9 Å². The summed E-state index contributed by atoms with van der Waals surface area (Å²) in [4.78, 5) is 29.6. The summed E-state index contributed by atoms with van der Waals surface area (Å²) in [7, 11) is 1.38. The maximum absolute atomic E-state index is 13.6. The number of nitrogens with zero attached hydrogens (tertiary/aromatic N) is 4. The van der Waals surface area contributed by atoms with Gasteiger partial charge >= 0.3 is 11.7 Å². The number of hydrogen-bond acceptors (Lipinski definition) is 9. The van der Waals surface area contributed by atoms with Crippen molar-refractivity contribution in [1.82, 2.24) is 14.8 Å². The standard InChI is InChI=1S/C27H28ClN5O5S/c1-16-23(25(34)38-19-9-4-3-5-10-19)24(17-12-13-22(37-2)21(14-17)33(35)36)32-26(29-16)30-27(31-32)39-15-18-8-6-7-11-20(18)28/h6-8,11-14,19,24H,3-5,9-10,15H2,1-2H3,(H,29,30,31). The van der Waals surface area contributed by atoms with Gasteiger partial charge in [-0.3, -0.25) is 10.1 Å². The number of nitro benzene ring substituents is 1. The number of allylic oxidation sites excluding steroid dienone is 1. The summed E-state index contributed by atoms with van der Waals surface area (Å²) in [6.45, 7) is 1.77. The zero-order valence-corrected chi connectivity index (χ0v) is 23.1. The molecular weight excluding hydrogens is 542 g/mol. The second-order valence-electron chi connectivity index (χ2n) is 9.46. The van der Waals surface area contributed by atoms with E-state index in [4.69, 9.17) is 26.2 Å². The number of benzene rings is 2. The number of carbonyl (C=O) groups excluding carboxylic acids is 1. The van der Waals surface area contributed by atoms with E-state index in [1.807, 2.05) is 24.3 Å². The number of anilines is 1. The first kappa shape index (κ1) is 27.0. The molecule has 1 saturated carbocycles. The summed E-state index contributed by atoms with van der Waals surface area (Å²) in [5.41, 5.74) is 2.12. The number of ether oxygens (including phenoxy) is 2. The molecule has 0 bridgehead atoms. The Hall–Kier alpha value is -3.57. The van der Waals surface area contributed by atoms with E-state index >= 15 is 0 Å². The third-order valence-electron chi connectivity index (χ3n) is 6.91. The fourth-order valence-electron chi connectivity index (χ4n) is 4.94. The molecule has 1 aliphatic heterocycles. The van der Waals surface area contributed by atoms with Gasteiger partial charge in [-0.25, -0.2) is 9.48 Å². The quantitative estimate of drug-likeness (QED) is 0.144. The van der Waals surface area contributed by atoms with Crippen molar-refractivity contribution in [3.05, 3.63) is 80.0 Å². The number of rotatable bonds is 8. The van der Waals surface area contributed by atoms with Gasteiger partial charge in [0.15, 0.2) is 5.75 Å². The molecule has 0 radical (unpaired) electrons. The maximum Gasteiger partial charge on any atom is 0.338 e. The van der Waals surface area contributed by atoms with Crippen molar-refractivity contribution in [3.8, 4) is 5.75 Å². The first-order valence-corrected chi connectivity index (χ1v) is 14.1. The van der Waals surface area contributed by atoms with Gasteiger partial charge in [0, 0.05) is 22.5 Å². The number of methoxy groups -OCH3 is 1. The fourth-order valence-corrected chi connectivity index (χ4v) is 6.06. The monoisotopic (exact) mass is 569 g/mol. The highest BCUT2D eigenvalue weighted by atomic mass is 35.5. The third-order valence-corrected chi connectivity index (χ3v) is 8.16. The average Bonchev–Trinajstić information content (AvgIpc) is 3.34. The SMILES string of the molecule is COc1ccc(C2C(C(=O)OC3CCCCC3)=C(C)Nc3nc(SCc4ccccc4Cl)nn32)cc1[N+](=O)[O-]. The van der Waals surface area contributed by atoms with Gasteiger partial charge in [0.05, 0.1) is 17.6 Å². The number of esters is 1. The normalized spacial score (nSPS) is 17.4. The highest BCUT2D eigenvalue weighted by Gasteiger charge is 2.37. The molecule has 1 aliphatic carbocycles. The number of halogens is 1. The van der Waals surface area contributed by atoms with E-state index in [1.54, 1.807) is 17.7 Å². The van der Waals surface area contributed by atoms with E-state index in [1.165, 1.54) is 31.0 Å². The molecule has 39 heavy (non-hydrogen) atoms. The summed E-state index contributed by atoms with van der Waals surface area (Å²) in [5, 5.41) is 20.8. The lowest BCUT2D eigenvalue weighted by Crippen LogP contribution is -2.32. The number of nitro groups is 1. The smallest absolute Gasteiger partial charge is 0.338 e. The summed E-state index contributed by atoms with van der Waals surface area (Å²) in [6.07, 6.45) is 4.65. The van der Waals surface area contributed by atoms with Crippen LogP contribution in [0.3, 0.4) is 0 Å². The second kappa shape index (κ2) is 11.7. The Labute approximate surface area is 234 Å². The van der Waals surface area contributed by atoms with Gasteiger partial charge in [0.25, 0.3) is 0 Å². The molecule has 0 saturated heterocycles. The molecule has 3 aromatic rings. The van der Waals surface area contributed by atoms with Crippen molar-refractivity contribution >= 4 is 41.0 Å². The first-order valence-electron chi connectivity index (χ1n) is 12.7. The minimum atomic E-state index is -0.788. The molecule has 1 unspecified atom stereocenters. The van der Waals surface area contributed by atoms with Crippen molar-refractivity contribution in [2.45, 2.75) is 62.1 Å². The van der Waals surface area contributed by atoms with E-state index < -0.39 is 16.9 Å². The minimum absolute atomic E-state index is 0.125. The van der Waals surface area contributed by atoms with Crippen LogP contribution in [0.1, 0.15) is 56.2 Å². The summed E-state index contributed by atoms with van der Waals surface area (Å²) < 4.78 is 12.7. The second-order valence-corrected chi connectivity index (χ2v) is 10.8. The van der Waals surface area contributed by atoms with Gasteiger partial charge in [-0.2, -0.15) is 4.98 Å². The number of carbonyl (C=O) groups is 1. The van der Waals surface area contributed by atoms with Crippen molar-refractivity contribution < 1.29 is 19.2 Å². The van der Waals surface area contributed by atoms with E-state index in [0.717, 1.165) is 37.7 Å². The average molecular weight is 570 g/mol. The number of nitrogens with one attached hydrogen (secondary N) is 1. The largest absolute Gasteiger partial charge is 0.490 e. The van der Waals surface area contributed by atoms with Gasteiger partial charge in [-0.05, 0) is 55.9 Å². The Bertz CT molecular complexity index is 1440. The highest BCUT2D eigenvalue weighted by molar-refractivity contribution is 7.98. The zero-order chi connectivity index (χ0) is 27.5. The Kier molecular flexibility index (Phi) is 8.08. The van der Waals surface area contributed by atoms with Crippen LogP contribution in [0.4, 0.5) is 11.6 Å². The van der Waals surface area contributed by atoms with Crippen LogP contribution < -0.4 is 10.1 Å². The Morgan fingerprint density at radius 3 is 2.72 bits per heavy atom. The third kappa shape index (κ3) is 5.74. The predicted molar refractivity (Wildman–Crippen MR) is 148 cm³/mol. The molecular formula is C27H28ClN5O5S. The van der Waals surface area contributed by atoms with Gasteiger partial charge in [0.2, 0.25) is 11.1 Å². The van der Waals surface area contributed by atoms with Gasteiger partial charge in [0.1, 0.15) is 12.1 Å². The van der Waals surface area contributed by atoms with Crippen LogP contribution in [0, 0.1) is 10.1 Å². The molecule has 1 fully saturated rings. The van der Waals surface area contributed by atoms with Crippen LogP contribution in [0.15, 0.2) is 58.9 Å². The summed E-state index contributed by atoms with van der Waals surface area (Å²) >= 11 is 7.72. The van der Waals surface area contributed by atoms with Gasteiger partial charge in [-0.15, -0.1) is 5.10 Å². The number of fused-ring (bicyclic) bond motifs is 1. The molecule has 2 aliphatic rings. The lowest BCUT2D eigenvalue weighted by atomic mass is 9.94. The Morgan fingerprint density at radius 1 is 1.23 bits per heavy atom. The molecule has 5 rings (SSSR count). The van der Waals surface area contributed by atoms with Crippen molar-refractivity contribution in [2.24, 2.45) is 0 Å². The molecule has 12 heteroatoms. The van der Waals surface area contributed by atoms with Crippen molar-refractivity contribution in [3.63, 3.8) is 0 Å². The molecule has 10 nitrogen and oxygen atoms in total. The molecule has 1 aromatic heterocycles. The van der Waals surface area contributed by atoms with Crippen molar-refractivity contribution in [2.75, 3.05) is 12.4 Å². The molecule has 1 N–H and O–H groups in total. The van der Waals surface area contributed by atoms with Crippen molar-refractivity contribution in [1.29, 1.82) is 0 Å². The molecule has 0 amide bonds. The van der Waals surface area contributed by atoms with Crippen LogP contribution in [0.2, 0.25) is 5.02 Å². The molecule has 0 spiro atoms. The van der Waals surface area contributed by atoms with E-state index in [2.05, 4.69) is 10.3 Å². The van der Waals surface area contributed by atoms with Crippen LogP contribution in [-0.4, -0.2) is 38.9 Å². The maximum atomic E-state index is 13.6. The topological polar surface area (TPSA) is 121 Å². The molecule has 204 valence electrons. The number of thioether (sulfide) groups is 1. The van der Waals surface area contributed by atoms with Gasteiger partial charge in [-0.1, -0.05) is 54.0 Å². The molecule has 1 atom stereocenters. The fraction of sp³-hybridized carbons (Fsp3) is 0.370. The lowest BCUT2D eigenvalue weighted by molar-refractivity contribution is -0.385. The van der Waals surface area contributed by atoms with Crippen LogP contribution in [0.25, 0.3) is 0 Å². The van der Waals surface area contributed by atoms with Crippen LogP contribution >= 0.6 is 23.4 Å². The molecule has 2 heterocycles. The Balaban J connectivity index is 1.52. The number of hydrogen-bond donors (Lipinski definition) is 1. The lowest BCUT2D eigenvalue weighted by Gasteiger charge is -2.30. The van der Waals surface area contributed by atoms with Crippen LogP contribution in [-0.2, 0) is 15.3 Å². The van der Waals surface area contributed by atoms with Crippen LogP contribution in [0.5, 0.6) is 5.75 Å². The van der Waals surface area contributed by atoms with E-state index in [0.29, 0.717) is 38.7 Å². The predicted octanol–water partition coefficient (Wildman–Crippen LogP) is 6.31. The van der Waals surface area contributed by atoms with E-state index in [-0.39, 0.29) is 17.5 Å². The number of aromatic nitrogens is 3. The summed E-state index contributed by atoms with van der Waals surface area (Å²) in [6, 6.07) is 11.4.